The zero-order valence-corrected chi connectivity index (χ0v) is 17.3. The van der Waals surface area contributed by atoms with E-state index in [2.05, 4.69) is 19.5 Å². The summed E-state index contributed by atoms with van der Waals surface area (Å²) in [4.78, 5) is 16.0. The van der Waals surface area contributed by atoms with E-state index >= 15 is 0 Å². The standard InChI is InChI=1S/C20H24F2N4O4/c1-13-11-17(24-7-9-25(10-8-24)18(27)30-19(2,3)4)23-26(13)14-5-6-15-16(12-14)29-20(21,22)28-15/h5-6,11-12H,7-10H2,1-4H3. The van der Waals surface area contributed by atoms with E-state index in [0.717, 1.165) is 11.5 Å². The lowest BCUT2D eigenvalue weighted by Gasteiger charge is -2.35. The summed E-state index contributed by atoms with van der Waals surface area (Å²) in [7, 11) is 0. The molecule has 1 aromatic carbocycles. The van der Waals surface area contributed by atoms with Crippen molar-refractivity contribution in [2.45, 2.75) is 39.6 Å². The van der Waals surface area contributed by atoms with Crippen LogP contribution in [0.5, 0.6) is 11.5 Å². The van der Waals surface area contributed by atoms with Gasteiger partial charge < -0.3 is 24.0 Å². The Morgan fingerprint density at radius 3 is 2.43 bits per heavy atom. The number of hydrogen-bond acceptors (Lipinski definition) is 6. The third kappa shape index (κ3) is 4.12. The second-order valence-electron chi connectivity index (χ2n) is 8.31. The first-order valence-electron chi connectivity index (χ1n) is 9.71. The van der Waals surface area contributed by atoms with Gasteiger partial charge >= 0.3 is 12.4 Å². The first kappa shape index (κ1) is 20.2. The van der Waals surface area contributed by atoms with Crippen molar-refractivity contribution in [3.8, 4) is 17.2 Å². The summed E-state index contributed by atoms with van der Waals surface area (Å²) in [6.07, 6.45) is -3.97. The number of halogens is 2. The van der Waals surface area contributed by atoms with Gasteiger partial charge in [-0.25, -0.2) is 9.48 Å². The zero-order chi connectivity index (χ0) is 21.7. The highest BCUT2D eigenvalue weighted by molar-refractivity contribution is 5.68. The number of carbonyl (C=O) groups excluding carboxylic acids is 1. The molecule has 1 aromatic heterocycles. The molecule has 1 saturated heterocycles. The lowest BCUT2D eigenvalue weighted by atomic mass is 10.2. The Kier molecular flexibility index (Phi) is 4.74. The second-order valence-corrected chi connectivity index (χ2v) is 8.31. The van der Waals surface area contributed by atoms with Crippen LogP contribution in [0.4, 0.5) is 19.4 Å². The third-order valence-corrected chi connectivity index (χ3v) is 4.76. The van der Waals surface area contributed by atoms with Crippen molar-refractivity contribution in [3.05, 3.63) is 30.0 Å². The maximum Gasteiger partial charge on any atom is 0.586 e. The van der Waals surface area contributed by atoms with Crippen molar-refractivity contribution >= 4 is 11.9 Å². The molecule has 1 amide bonds. The van der Waals surface area contributed by atoms with Gasteiger partial charge in [-0.3, -0.25) is 0 Å². The van der Waals surface area contributed by atoms with Gasteiger partial charge in [0.2, 0.25) is 0 Å². The molecule has 0 spiro atoms. The van der Waals surface area contributed by atoms with Crippen molar-refractivity contribution in [1.82, 2.24) is 14.7 Å². The second kappa shape index (κ2) is 7.03. The molecule has 8 nitrogen and oxygen atoms in total. The molecule has 0 N–H and O–H groups in total. The van der Waals surface area contributed by atoms with Crippen LogP contribution in [0.3, 0.4) is 0 Å². The highest BCUT2D eigenvalue weighted by atomic mass is 19.3. The molecule has 3 heterocycles. The number of aryl methyl sites for hydroxylation is 1. The third-order valence-electron chi connectivity index (χ3n) is 4.76. The molecule has 0 radical (unpaired) electrons. The maximum atomic E-state index is 13.3. The normalized spacial score (nSPS) is 17.9. The fourth-order valence-corrected chi connectivity index (χ4v) is 3.39. The summed E-state index contributed by atoms with van der Waals surface area (Å²) in [6, 6.07) is 6.47. The Morgan fingerprint density at radius 1 is 1.10 bits per heavy atom. The van der Waals surface area contributed by atoms with Gasteiger partial charge in [-0.05, 0) is 39.8 Å². The lowest BCUT2D eigenvalue weighted by molar-refractivity contribution is -0.286. The van der Waals surface area contributed by atoms with Crippen molar-refractivity contribution in [2.24, 2.45) is 0 Å². The summed E-state index contributed by atoms with van der Waals surface area (Å²) in [6.45, 7) is 9.69. The number of fused-ring (bicyclic) bond motifs is 1. The van der Waals surface area contributed by atoms with Gasteiger partial charge in [0.15, 0.2) is 17.3 Å². The van der Waals surface area contributed by atoms with E-state index in [9.17, 15) is 13.6 Å². The molecule has 2 aliphatic rings. The number of ether oxygens (including phenoxy) is 3. The molecule has 30 heavy (non-hydrogen) atoms. The average Bonchev–Trinajstić information content (AvgIpc) is 3.17. The Bertz CT molecular complexity index is 962. The molecular weight excluding hydrogens is 398 g/mol. The van der Waals surface area contributed by atoms with Gasteiger partial charge in [0, 0.05) is 44.0 Å². The number of piperazine rings is 1. The highest BCUT2D eigenvalue weighted by Crippen LogP contribution is 2.42. The van der Waals surface area contributed by atoms with Gasteiger partial charge in [0.1, 0.15) is 5.60 Å². The zero-order valence-electron chi connectivity index (χ0n) is 17.3. The van der Waals surface area contributed by atoms with E-state index in [0.29, 0.717) is 31.9 Å². The first-order valence-corrected chi connectivity index (χ1v) is 9.71. The van der Waals surface area contributed by atoms with E-state index in [1.54, 1.807) is 15.6 Å². The summed E-state index contributed by atoms with van der Waals surface area (Å²) < 4.78 is 42.6. The number of anilines is 1. The molecule has 0 saturated carbocycles. The van der Waals surface area contributed by atoms with E-state index in [1.165, 1.54) is 12.1 Å². The van der Waals surface area contributed by atoms with Crippen molar-refractivity contribution in [2.75, 3.05) is 31.1 Å². The van der Waals surface area contributed by atoms with Crippen LogP contribution in [-0.4, -0.2) is 58.8 Å². The maximum absolute atomic E-state index is 13.3. The van der Waals surface area contributed by atoms with Crippen LogP contribution in [0.25, 0.3) is 5.69 Å². The van der Waals surface area contributed by atoms with Crippen LogP contribution in [0.2, 0.25) is 0 Å². The van der Waals surface area contributed by atoms with Crippen molar-refractivity contribution in [1.29, 1.82) is 0 Å². The molecule has 2 aliphatic heterocycles. The Hall–Kier alpha value is -3.04. The summed E-state index contributed by atoms with van der Waals surface area (Å²) in [5, 5.41) is 4.62. The van der Waals surface area contributed by atoms with Crippen LogP contribution in [0, 0.1) is 6.92 Å². The largest absolute Gasteiger partial charge is 0.586 e. The smallest absolute Gasteiger partial charge is 0.444 e. The molecule has 4 rings (SSSR count). The number of aromatic nitrogens is 2. The van der Waals surface area contributed by atoms with Crippen molar-refractivity contribution < 1.29 is 27.8 Å². The summed E-state index contributed by atoms with van der Waals surface area (Å²) in [5.41, 5.74) is 0.898. The first-order chi connectivity index (χ1) is 14.0. The number of amides is 1. The minimum Gasteiger partial charge on any atom is -0.444 e. The van der Waals surface area contributed by atoms with Gasteiger partial charge in [-0.15, -0.1) is 8.78 Å². The molecule has 162 valence electrons. The lowest BCUT2D eigenvalue weighted by Crippen LogP contribution is -2.50. The molecule has 0 unspecified atom stereocenters. The fraction of sp³-hybridized carbons (Fsp3) is 0.500. The molecule has 0 aliphatic carbocycles. The highest BCUT2D eigenvalue weighted by Gasteiger charge is 2.43. The van der Waals surface area contributed by atoms with Crippen LogP contribution in [0.1, 0.15) is 26.5 Å². The van der Waals surface area contributed by atoms with E-state index in [4.69, 9.17) is 4.74 Å². The monoisotopic (exact) mass is 422 g/mol. The minimum atomic E-state index is -3.65. The fourth-order valence-electron chi connectivity index (χ4n) is 3.39. The SMILES string of the molecule is Cc1cc(N2CCN(C(=O)OC(C)(C)C)CC2)nn1-c1ccc2c(c1)OC(F)(F)O2. The van der Waals surface area contributed by atoms with E-state index in [1.807, 2.05) is 33.8 Å². The average molecular weight is 422 g/mol. The van der Waals surface area contributed by atoms with Gasteiger partial charge in [-0.1, -0.05) is 0 Å². The van der Waals surface area contributed by atoms with Crippen LogP contribution >= 0.6 is 0 Å². The van der Waals surface area contributed by atoms with Gasteiger partial charge in [0.25, 0.3) is 0 Å². The van der Waals surface area contributed by atoms with E-state index in [-0.39, 0.29) is 17.6 Å². The summed E-state index contributed by atoms with van der Waals surface area (Å²) in [5.74, 6) is 0.714. The van der Waals surface area contributed by atoms with Crippen molar-refractivity contribution in [3.63, 3.8) is 0 Å². The number of benzene rings is 1. The number of rotatable bonds is 2. The van der Waals surface area contributed by atoms with Gasteiger partial charge in [-0.2, -0.15) is 5.10 Å². The topological polar surface area (TPSA) is 69.1 Å². The molecule has 10 heteroatoms. The molecule has 1 fully saturated rings. The number of nitrogens with zero attached hydrogens (tertiary/aromatic N) is 4. The predicted molar refractivity (Wildman–Crippen MR) is 105 cm³/mol. The van der Waals surface area contributed by atoms with Crippen LogP contribution in [-0.2, 0) is 4.74 Å². The number of hydrogen-bond donors (Lipinski definition) is 0. The number of carbonyl (C=O) groups is 1. The predicted octanol–water partition coefficient (Wildman–Crippen LogP) is 3.56. The quantitative estimate of drug-likeness (QED) is 0.737. The Morgan fingerprint density at radius 2 is 1.77 bits per heavy atom. The minimum absolute atomic E-state index is 0.00736. The van der Waals surface area contributed by atoms with E-state index < -0.39 is 11.9 Å². The molecule has 0 bridgehead atoms. The molecule has 0 atom stereocenters. The molecule has 2 aromatic rings. The number of alkyl halides is 2. The van der Waals surface area contributed by atoms with Gasteiger partial charge in [0.05, 0.1) is 5.69 Å². The Balaban J connectivity index is 1.45. The van der Waals surface area contributed by atoms with Crippen LogP contribution in [0.15, 0.2) is 24.3 Å². The Labute approximate surface area is 172 Å². The summed E-state index contributed by atoms with van der Waals surface area (Å²) >= 11 is 0. The van der Waals surface area contributed by atoms with Crippen LogP contribution < -0.4 is 14.4 Å². The molecular formula is C20H24F2N4O4.